The molecule has 2 rings (SSSR count). The van der Waals surface area contributed by atoms with Crippen LogP contribution >= 0.6 is 0 Å². The summed E-state index contributed by atoms with van der Waals surface area (Å²) in [5, 5.41) is 4.44. The van der Waals surface area contributed by atoms with E-state index in [1.165, 1.54) is 0 Å². The van der Waals surface area contributed by atoms with Crippen LogP contribution in [0.3, 0.4) is 0 Å². The number of hydrogen-bond acceptors (Lipinski definition) is 2. The first-order valence-corrected chi connectivity index (χ1v) is 5.09. The van der Waals surface area contributed by atoms with Crippen molar-refractivity contribution in [2.24, 2.45) is 11.5 Å². The molecule has 0 bridgehead atoms. The van der Waals surface area contributed by atoms with E-state index in [1.54, 1.807) is 0 Å². The van der Waals surface area contributed by atoms with Gasteiger partial charge in [0, 0.05) is 39.4 Å². The molecule has 0 spiro atoms. The van der Waals surface area contributed by atoms with E-state index in [2.05, 4.69) is 16.8 Å². The monoisotopic (exact) mass is 303 g/mol. The molecule has 17 heavy (non-hydrogen) atoms. The van der Waals surface area contributed by atoms with Crippen molar-refractivity contribution in [1.82, 2.24) is 0 Å². The summed E-state index contributed by atoms with van der Waals surface area (Å²) in [5.41, 5.74) is 11.2. The third kappa shape index (κ3) is 7.24. The predicted molar refractivity (Wildman–Crippen MR) is 68.8 cm³/mol. The fraction of sp³-hybridized carbons (Fsp3) is 0.0769. The van der Waals surface area contributed by atoms with E-state index >= 15 is 0 Å². The maximum Gasteiger partial charge on any atom is 0.0403 e. The van der Waals surface area contributed by atoms with Gasteiger partial charge in [-0.2, -0.15) is 0 Å². The van der Waals surface area contributed by atoms with E-state index in [-0.39, 0.29) is 39.4 Å². The number of para-hydroxylation sites is 2. The van der Waals surface area contributed by atoms with Gasteiger partial charge in [-0.25, -0.2) is 0 Å². The molecule has 0 atom stereocenters. The van der Waals surface area contributed by atoms with Crippen LogP contribution in [0.15, 0.2) is 60.7 Å². The van der Waals surface area contributed by atoms with E-state index in [0.717, 1.165) is 11.4 Å². The van der Waals surface area contributed by atoms with Gasteiger partial charge in [0.2, 0.25) is 0 Å². The Labute approximate surface area is 127 Å². The second kappa shape index (κ2) is 10.4. The summed E-state index contributed by atoms with van der Waals surface area (Å²) in [6, 6.07) is 19.9. The second-order valence-electron chi connectivity index (χ2n) is 3.02. The van der Waals surface area contributed by atoms with Crippen molar-refractivity contribution in [2.45, 2.75) is 0 Å². The van der Waals surface area contributed by atoms with Crippen LogP contribution in [-0.4, -0.2) is 6.67 Å². The van der Waals surface area contributed by atoms with Crippen molar-refractivity contribution in [2.75, 3.05) is 6.67 Å². The molecule has 4 N–H and O–H groups in total. The number of nitrogens with zero attached hydrogens (tertiary/aromatic N) is 1. The molecule has 3 nitrogen and oxygen atoms in total. The number of rotatable bonds is 2. The molecule has 0 aliphatic heterocycles. The maximum absolute atomic E-state index is 4.62. The number of nitrogens with two attached hydrogens (primary N) is 2. The topological polar surface area (TPSA) is 66.1 Å². The van der Waals surface area contributed by atoms with Gasteiger partial charge in [-0.05, 0) is 0 Å². The van der Waals surface area contributed by atoms with Gasteiger partial charge in [0.25, 0.3) is 0 Å². The third-order valence-corrected chi connectivity index (χ3v) is 1.77. The molecule has 0 amide bonds. The largest absolute Gasteiger partial charge is 0.658 e. The molecule has 0 aliphatic rings. The molecule has 0 unspecified atom stereocenters. The molecule has 2 aromatic carbocycles. The first kappa shape index (κ1) is 16.3. The van der Waals surface area contributed by atoms with Gasteiger partial charge in [-0.3, -0.25) is 0 Å². The SMILES string of the molecule is NCN.[Y].c1ccc([N-]c2ccccc2)cc1. The zero-order valence-electron chi connectivity index (χ0n) is 9.66. The van der Waals surface area contributed by atoms with Gasteiger partial charge in [-0.15, -0.1) is 11.4 Å². The number of hydrogen-bond donors (Lipinski definition) is 2. The van der Waals surface area contributed by atoms with Gasteiger partial charge in [0.1, 0.15) is 0 Å². The molecule has 2 aromatic rings. The van der Waals surface area contributed by atoms with Crippen LogP contribution in [0.25, 0.3) is 5.32 Å². The van der Waals surface area contributed by atoms with Gasteiger partial charge >= 0.3 is 0 Å². The van der Waals surface area contributed by atoms with Crippen molar-refractivity contribution in [1.29, 1.82) is 0 Å². The Hall–Kier alpha value is -0.736. The Morgan fingerprint density at radius 1 is 0.706 bits per heavy atom. The van der Waals surface area contributed by atoms with Crippen molar-refractivity contribution < 1.29 is 32.7 Å². The normalized spacial score (nSPS) is 8.35. The molecule has 0 aliphatic carbocycles. The molecule has 4 heteroatoms. The molecular weight excluding hydrogens is 287 g/mol. The maximum atomic E-state index is 4.62. The van der Waals surface area contributed by atoms with E-state index in [4.69, 9.17) is 0 Å². The predicted octanol–water partition coefficient (Wildman–Crippen LogP) is 2.88. The Balaban J connectivity index is 0.000000583. The van der Waals surface area contributed by atoms with Crippen molar-refractivity contribution >= 4 is 11.4 Å². The Morgan fingerprint density at radius 2 is 1.00 bits per heavy atom. The van der Waals surface area contributed by atoms with Gasteiger partial charge in [-0.1, -0.05) is 60.7 Å². The Morgan fingerprint density at radius 3 is 1.29 bits per heavy atom. The quantitative estimate of drug-likeness (QED) is 0.838. The summed E-state index contributed by atoms with van der Waals surface area (Å²) in [5.74, 6) is 0. The molecule has 0 saturated carbocycles. The zero-order valence-corrected chi connectivity index (χ0v) is 12.5. The average molecular weight is 303 g/mol. The standard InChI is InChI=1S/C12H10N.CH6N2.Y/c1-3-7-11(8-4-1)13-12-9-5-2-6-10-12;2-1-3;/h1-10H;1-3H2;/q-1;;. The van der Waals surface area contributed by atoms with E-state index in [1.807, 2.05) is 60.7 Å². The first-order chi connectivity index (χ1) is 7.86. The number of benzene rings is 2. The van der Waals surface area contributed by atoms with Gasteiger partial charge in [0.05, 0.1) is 0 Å². The fourth-order valence-electron chi connectivity index (χ4n) is 1.15. The molecule has 0 fully saturated rings. The summed E-state index contributed by atoms with van der Waals surface area (Å²) in [7, 11) is 0. The van der Waals surface area contributed by atoms with Crippen LogP contribution in [0, 0.1) is 0 Å². The Kier molecular flexibility index (Phi) is 9.97. The van der Waals surface area contributed by atoms with E-state index < -0.39 is 0 Å². The molecule has 87 valence electrons. The third-order valence-electron chi connectivity index (χ3n) is 1.77. The van der Waals surface area contributed by atoms with Gasteiger partial charge in [0.15, 0.2) is 0 Å². The van der Waals surface area contributed by atoms with E-state index in [0.29, 0.717) is 0 Å². The van der Waals surface area contributed by atoms with Crippen LogP contribution in [0.5, 0.6) is 0 Å². The summed E-state index contributed by atoms with van der Waals surface area (Å²) >= 11 is 0. The van der Waals surface area contributed by atoms with Crippen LogP contribution < -0.4 is 11.5 Å². The van der Waals surface area contributed by atoms with Crippen molar-refractivity contribution in [3.05, 3.63) is 66.0 Å². The van der Waals surface area contributed by atoms with Gasteiger partial charge < -0.3 is 16.8 Å². The van der Waals surface area contributed by atoms with Crippen LogP contribution in [-0.2, 0) is 32.7 Å². The zero-order chi connectivity index (χ0) is 11.6. The molecular formula is C13H16N3Y-. The summed E-state index contributed by atoms with van der Waals surface area (Å²) in [4.78, 5) is 0. The summed E-state index contributed by atoms with van der Waals surface area (Å²) < 4.78 is 0. The first-order valence-electron chi connectivity index (χ1n) is 5.09. The van der Waals surface area contributed by atoms with Crippen LogP contribution in [0.1, 0.15) is 0 Å². The summed E-state index contributed by atoms with van der Waals surface area (Å²) in [6.07, 6.45) is 0. The van der Waals surface area contributed by atoms with Crippen molar-refractivity contribution in [3.63, 3.8) is 0 Å². The molecule has 0 aromatic heterocycles. The smallest absolute Gasteiger partial charge is 0.0403 e. The second-order valence-corrected chi connectivity index (χ2v) is 3.02. The Bertz CT molecular complexity index is 341. The summed E-state index contributed by atoms with van der Waals surface area (Å²) in [6.45, 7) is 0.250. The van der Waals surface area contributed by atoms with Crippen molar-refractivity contribution in [3.8, 4) is 0 Å². The van der Waals surface area contributed by atoms with E-state index in [9.17, 15) is 0 Å². The van der Waals surface area contributed by atoms with Crippen LogP contribution in [0.2, 0.25) is 0 Å². The minimum Gasteiger partial charge on any atom is -0.658 e. The molecule has 0 heterocycles. The van der Waals surface area contributed by atoms with Crippen LogP contribution in [0.4, 0.5) is 11.4 Å². The minimum absolute atomic E-state index is 0. The molecule has 0 saturated heterocycles. The fourth-order valence-corrected chi connectivity index (χ4v) is 1.15. The molecule has 1 radical (unpaired) electrons. The average Bonchev–Trinajstić information content (AvgIpc) is 2.33. The minimum atomic E-state index is 0.